The number of benzene rings is 1. The first-order valence-corrected chi connectivity index (χ1v) is 3.86. The summed E-state index contributed by atoms with van der Waals surface area (Å²) in [6, 6.07) is 2.39. The molecule has 4 heteroatoms. The number of fused-ring (bicyclic) bond motifs is 1. The highest BCUT2D eigenvalue weighted by atomic mass is 16.3. The van der Waals surface area contributed by atoms with Gasteiger partial charge in [-0.1, -0.05) is 0 Å². The van der Waals surface area contributed by atoms with Crippen LogP contribution in [0.25, 0.3) is 0 Å². The molecule has 0 aromatic heterocycles. The number of aromatic hydroxyl groups is 2. The van der Waals surface area contributed by atoms with Crippen molar-refractivity contribution in [2.24, 2.45) is 0 Å². The van der Waals surface area contributed by atoms with E-state index in [2.05, 4.69) is 0 Å². The summed E-state index contributed by atoms with van der Waals surface area (Å²) < 4.78 is 0. The van der Waals surface area contributed by atoms with Gasteiger partial charge in [-0.05, 0) is 11.6 Å². The number of ketones is 1. The number of hydrogen-bond donors (Lipinski definition) is 3. The third-order valence-electron chi connectivity index (χ3n) is 2.15. The molecule has 2 rings (SSSR count). The Morgan fingerprint density at radius 2 is 2.00 bits per heavy atom. The van der Waals surface area contributed by atoms with E-state index in [1.54, 1.807) is 0 Å². The highest BCUT2D eigenvalue weighted by molar-refractivity contribution is 6.03. The Labute approximate surface area is 74.1 Å². The summed E-state index contributed by atoms with van der Waals surface area (Å²) in [7, 11) is 0. The average molecular weight is 180 g/mol. The van der Waals surface area contributed by atoms with E-state index < -0.39 is 6.10 Å². The van der Waals surface area contributed by atoms with E-state index in [-0.39, 0.29) is 29.3 Å². The van der Waals surface area contributed by atoms with E-state index >= 15 is 0 Å². The molecule has 0 heterocycles. The van der Waals surface area contributed by atoms with Gasteiger partial charge in [0.05, 0.1) is 11.7 Å². The average Bonchev–Trinajstić information content (AvgIpc) is 2.27. The monoisotopic (exact) mass is 180 g/mol. The molecule has 68 valence electrons. The van der Waals surface area contributed by atoms with Crippen molar-refractivity contribution in [1.29, 1.82) is 0 Å². The van der Waals surface area contributed by atoms with E-state index in [1.807, 2.05) is 0 Å². The van der Waals surface area contributed by atoms with Crippen molar-refractivity contribution in [2.75, 3.05) is 0 Å². The van der Waals surface area contributed by atoms with Crippen LogP contribution in [0.4, 0.5) is 0 Å². The van der Waals surface area contributed by atoms with Gasteiger partial charge >= 0.3 is 0 Å². The number of rotatable bonds is 0. The summed E-state index contributed by atoms with van der Waals surface area (Å²) in [5.41, 5.74) is 0.438. The van der Waals surface area contributed by atoms with Crippen LogP contribution in [0.5, 0.6) is 11.5 Å². The highest BCUT2D eigenvalue weighted by Gasteiger charge is 2.30. The first kappa shape index (κ1) is 8.07. The predicted molar refractivity (Wildman–Crippen MR) is 43.7 cm³/mol. The third kappa shape index (κ3) is 1.07. The van der Waals surface area contributed by atoms with Crippen LogP contribution in [0.15, 0.2) is 12.1 Å². The van der Waals surface area contributed by atoms with Crippen LogP contribution in [-0.2, 0) is 0 Å². The first-order valence-electron chi connectivity index (χ1n) is 3.86. The Kier molecular flexibility index (Phi) is 1.53. The van der Waals surface area contributed by atoms with E-state index in [0.29, 0.717) is 5.56 Å². The van der Waals surface area contributed by atoms with Crippen LogP contribution in [0.1, 0.15) is 28.4 Å². The molecular formula is C9H8O4. The Bertz CT molecular complexity index is 383. The highest BCUT2D eigenvalue weighted by Crippen LogP contribution is 2.38. The van der Waals surface area contributed by atoms with Gasteiger partial charge in [-0.3, -0.25) is 4.79 Å². The molecule has 0 spiro atoms. The normalized spacial score (nSPS) is 20.4. The largest absolute Gasteiger partial charge is 0.508 e. The molecule has 0 bridgehead atoms. The molecule has 0 amide bonds. The molecule has 4 nitrogen and oxygen atoms in total. The second-order valence-electron chi connectivity index (χ2n) is 3.07. The van der Waals surface area contributed by atoms with Gasteiger partial charge in [-0.25, -0.2) is 0 Å². The zero-order valence-corrected chi connectivity index (χ0v) is 6.69. The number of phenols is 2. The number of hydrogen-bond acceptors (Lipinski definition) is 4. The SMILES string of the molecule is O=C1C[C@H](O)c2cc(O)cc(O)c21. The van der Waals surface area contributed by atoms with Crippen molar-refractivity contribution in [3.05, 3.63) is 23.3 Å². The molecule has 13 heavy (non-hydrogen) atoms. The van der Waals surface area contributed by atoms with E-state index in [4.69, 9.17) is 5.11 Å². The van der Waals surface area contributed by atoms with Crippen molar-refractivity contribution in [2.45, 2.75) is 12.5 Å². The molecule has 0 aliphatic heterocycles. The summed E-state index contributed by atoms with van der Waals surface area (Å²) in [5.74, 6) is -0.707. The third-order valence-corrected chi connectivity index (χ3v) is 2.15. The van der Waals surface area contributed by atoms with Crippen molar-refractivity contribution < 1.29 is 20.1 Å². The molecule has 1 aliphatic rings. The molecule has 0 radical (unpaired) electrons. The maximum absolute atomic E-state index is 11.2. The van der Waals surface area contributed by atoms with Gasteiger partial charge in [-0.2, -0.15) is 0 Å². The zero-order valence-electron chi connectivity index (χ0n) is 6.69. The van der Waals surface area contributed by atoms with Crippen molar-refractivity contribution in [3.8, 4) is 11.5 Å². The Hall–Kier alpha value is -1.55. The predicted octanol–water partition coefficient (Wildman–Crippen LogP) is 0.718. The van der Waals surface area contributed by atoms with Crippen LogP contribution in [0, 0.1) is 0 Å². The number of Topliss-reactive ketones (excluding diaryl/α,β-unsaturated/α-hetero) is 1. The quantitative estimate of drug-likeness (QED) is 0.549. The number of phenolic OH excluding ortho intramolecular Hbond substituents is 2. The van der Waals surface area contributed by atoms with Crippen molar-refractivity contribution in [1.82, 2.24) is 0 Å². The van der Waals surface area contributed by atoms with Crippen LogP contribution in [0.3, 0.4) is 0 Å². The lowest BCUT2D eigenvalue weighted by atomic mass is 10.1. The summed E-state index contributed by atoms with van der Waals surface area (Å²) >= 11 is 0. The standard InChI is InChI=1S/C9H8O4/c10-4-1-5-6(11)3-8(13)9(5)7(12)2-4/h1-2,6,10-12H,3H2/t6-/m0/s1. The Morgan fingerprint density at radius 3 is 2.69 bits per heavy atom. The van der Waals surface area contributed by atoms with Crippen molar-refractivity contribution >= 4 is 5.78 Å². The smallest absolute Gasteiger partial charge is 0.169 e. The van der Waals surface area contributed by atoms with Crippen LogP contribution >= 0.6 is 0 Å². The first-order chi connectivity index (χ1) is 6.09. The lowest BCUT2D eigenvalue weighted by Crippen LogP contribution is -1.91. The summed E-state index contributed by atoms with van der Waals surface area (Å²) in [4.78, 5) is 11.2. The number of aliphatic hydroxyl groups is 1. The van der Waals surface area contributed by atoms with E-state index in [9.17, 15) is 15.0 Å². The minimum atomic E-state index is -0.902. The number of aliphatic hydroxyl groups excluding tert-OH is 1. The minimum absolute atomic E-state index is 0.0215. The van der Waals surface area contributed by atoms with Gasteiger partial charge in [0.15, 0.2) is 5.78 Å². The van der Waals surface area contributed by atoms with Gasteiger partial charge in [0.25, 0.3) is 0 Å². The molecule has 0 unspecified atom stereocenters. The van der Waals surface area contributed by atoms with E-state index in [1.165, 1.54) is 6.07 Å². The van der Waals surface area contributed by atoms with Crippen LogP contribution in [-0.4, -0.2) is 21.1 Å². The number of carbonyl (C=O) groups excluding carboxylic acids is 1. The molecule has 0 saturated heterocycles. The number of carbonyl (C=O) groups is 1. The lowest BCUT2D eigenvalue weighted by Gasteiger charge is -2.04. The lowest BCUT2D eigenvalue weighted by molar-refractivity contribution is 0.0928. The molecular weight excluding hydrogens is 172 g/mol. The maximum atomic E-state index is 11.2. The fraction of sp³-hybridized carbons (Fsp3) is 0.222. The fourth-order valence-electron chi connectivity index (χ4n) is 1.59. The molecule has 0 saturated carbocycles. The second-order valence-corrected chi connectivity index (χ2v) is 3.07. The molecule has 3 N–H and O–H groups in total. The molecule has 1 atom stereocenters. The van der Waals surface area contributed by atoms with Crippen molar-refractivity contribution in [3.63, 3.8) is 0 Å². The summed E-state index contributed by atoms with van der Waals surface area (Å²) in [6.07, 6.45) is -0.924. The van der Waals surface area contributed by atoms with Gasteiger partial charge in [0, 0.05) is 12.5 Å². The van der Waals surface area contributed by atoms with Gasteiger partial charge in [0.2, 0.25) is 0 Å². The van der Waals surface area contributed by atoms with E-state index in [0.717, 1.165) is 6.07 Å². The molecule has 1 aromatic carbocycles. The minimum Gasteiger partial charge on any atom is -0.508 e. The van der Waals surface area contributed by atoms with Gasteiger partial charge in [-0.15, -0.1) is 0 Å². The fourth-order valence-corrected chi connectivity index (χ4v) is 1.59. The van der Waals surface area contributed by atoms with Gasteiger partial charge < -0.3 is 15.3 Å². The molecule has 0 fully saturated rings. The second kappa shape index (κ2) is 2.47. The molecule has 1 aliphatic carbocycles. The van der Waals surface area contributed by atoms with Crippen LogP contribution in [0.2, 0.25) is 0 Å². The van der Waals surface area contributed by atoms with Gasteiger partial charge in [0.1, 0.15) is 11.5 Å². The summed E-state index contributed by atoms with van der Waals surface area (Å²) in [5, 5.41) is 27.8. The molecule has 1 aromatic rings. The zero-order chi connectivity index (χ0) is 9.59. The Morgan fingerprint density at radius 1 is 1.31 bits per heavy atom. The van der Waals surface area contributed by atoms with Crippen LogP contribution < -0.4 is 0 Å². The maximum Gasteiger partial charge on any atom is 0.169 e. The summed E-state index contributed by atoms with van der Waals surface area (Å²) in [6.45, 7) is 0. The Balaban J connectivity index is 2.69. The topological polar surface area (TPSA) is 77.8 Å².